The Morgan fingerprint density at radius 2 is 1.05 bits per heavy atom. The van der Waals surface area contributed by atoms with E-state index in [-0.39, 0.29) is 12.1 Å². The minimum Gasteiger partial charge on any atom is -0.497 e. The lowest BCUT2D eigenvalue weighted by Gasteiger charge is -2.45. The molecule has 5 rings (SSSR count). The molecule has 1 heterocycles. The Kier molecular flexibility index (Phi) is 7.07. The van der Waals surface area contributed by atoms with Gasteiger partial charge in [0.05, 0.1) is 37.0 Å². The molecule has 0 fully saturated rings. The van der Waals surface area contributed by atoms with Crippen LogP contribution in [0, 0.1) is 20.8 Å². The Labute approximate surface area is 233 Å². The highest BCUT2D eigenvalue weighted by atomic mass is 16.5. The van der Waals surface area contributed by atoms with Crippen molar-refractivity contribution in [2.75, 3.05) is 24.0 Å². The van der Waals surface area contributed by atoms with Crippen LogP contribution < -0.4 is 19.3 Å². The minimum atomic E-state index is 0.288. The van der Waals surface area contributed by atoms with E-state index in [0.29, 0.717) is 0 Å². The van der Waals surface area contributed by atoms with Gasteiger partial charge < -0.3 is 19.3 Å². The van der Waals surface area contributed by atoms with Crippen LogP contribution in [0.4, 0.5) is 22.7 Å². The molecule has 0 radical (unpaired) electrons. The molecule has 4 nitrogen and oxygen atoms in total. The first-order chi connectivity index (χ1) is 18.6. The van der Waals surface area contributed by atoms with Gasteiger partial charge in [-0.3, -0.25) is 0 Å². The van der Waals surface area contributed by atoms with E-state index in [0.717, 1.165) is 11.5 Å². The molecule has 4 aromatic carbocycles. The molecule has 0 saturated carbocycles. The quantitative estimate of drug-likeness (QED) is 0.253. The molecule has 0 unspecified atom stereocenters. The smallest absolute Gasteiger partial charge is 0.119 e. The number of rotatable bonds is 6. The Bertz CT molecular complexity index is 1540. The number of methoxy groups -OCH3 is 2. The average molecular weight is 521 g/mol. The zero-order chi connectivity index (χ0) is 28.0. The molecule has 39 heavy (non-hydrogen) atoms. The van der Waals surface area contributed by atoms with E-state index in [1.807, 2.05) is 6.07 Å². The maximum Gasteiger partial charge on any atom is 0.119 e. The highest BCUT2D eigenvalue weighted by molar-refractivity contribution is 5.98. The lowest BCUT2D eigenvalue weighted by molar-refractivity contribution is 0.414. The topological polar surface area (TPSA) is 24.9 Å². The van der Waals surface area contributed by atoms with Crippen LogP contribution in [0.2, 0.25) is 0 Å². The average Bonchev–Trinajstić information content (AvgIpc) is 2.90. The van der Waals surface area contributed by atoms with Gasteiger partial charge in [-0.25, -0.2) is 0 Å². The summed E-state index contributed by atoms with van der Waals surface area (Å²) >= 11 is 0. The van der Waals surface area contributed by atoms with Crippen molar-refractivity contribution < 1.29 is 9.47 Å². The van der Waals surface area contributed by atoms with Crippen LogP contribution in [0.1, 0.15) is 44.4 Å². The number of anilines is 4. The van der Waals surface area contributed by atoms with E-state index >= 15 is 0 Å². The molecule has 1 aliphatic heterocycles. The fourth-order valence-corrected chi connectivity index (χ4v) is 6.02. The molecule has 0 amide bonds. The van der Waals surface area contributed by atoms with Crippen molar-refractivity contribution in [2.45, 2.75) is 60.5 Å². The van der Waals surface area contributed by atoms with Gasteiger partial charge in [-0.2, -0.15) is 0 Å². The molecule has 0 spiro atoms. The van der Waals surface area contributed by atoms with Gasteiger partial charge in [0.1, 0.15) is 11.5 Å². The number of nitrogens with zero attached hydrogens (tertiary/aromatic N) is 2. The Morgan fingerprint density at radius 1 is 0.513 bits per heavy atom. The first kappa shape index (κ1) is 26.7. The van der Waals surface area contributed by atoms with Crippen LogP contribution in [0.3, 0.4) is 0 Å². The van der Waals surface area contributed by atoms with E-state index in [1.54, 1.807) is 14.2 Å². The van der Waals surface area contributed by atoms with Gasteiger partial charge in [-0.15, -0.1) is 0 Å². The molecule has 0 N–H and O–H groups in total. The van der Waals surface area contributed by atoms with Gasteiger partial charge in [0, 0.05) is 12.1 Å². The Morgan fingerprint density at radius 3 is 1.56 bits per heavy atom. The molecule has 0 aromatic heterocycles. The van der Waals surface area contributed by atoms with Gasteiger partial charge in [-0.05, 0) is 136 Å². The van der Waals surface area contributed by atoms with Crippen molar-refractivity contribution in [3.63, 3.8) is 0 Å². The van der Waals surface area contributed by atoms with Crippen LogP contribution in [-0.4, -0.2) is 26.3 Å². The molecule has 0 saturated heterocycles. The highest BCUT2D eigenvalue weighted by Crippen LogP contribution is 2.53. The summed E-state index contributed by atoms with van der Waals surface area (Å²) in [5, 5.41) is 0. The lowest BCUT2D eigenvalue weighted by atomic mass is 9.92. The zero-order valence-electron chi connectivity index (χ0n) is 24.7. The van der Waals surface area contributed by atoms with Crippen LogP contribution in [0.15, 0.2) is 66.7 Å². The lowest BCUT2D eigenvalue weighted by Crippen LogP contribution is -2.37. The summed E-state index contributed by atoms with van der Waals surface area (Å²) < 4.78 is 10.9. The highest BCUT2D eigenvalue weighted by Gasteiger charge is 2.33. The SMILES string of the molecule is COc1ccc(-c2ccc3c(c2)N(C(C)C)c2c(C)cc(-c4ccc(OC)cc4C)cc2N3C(C)C)c(C)c1. The summed E-state index contributed by atoms with van der Waals surface area (Å²) in [5.41, 5.74) is 13.6. The maximum atomic E-state index is 5.47. The van der Waals surface area contributed by atoms with Crippen molar-refractivity contribution in [1.29, 1.82) is 0 Å². The molecular weight excluding hydrogens is 480 g/mol. The fraction of sp³-hybridized carbons (Fsp3) is 0.314. The predicted octanol–water partition coefficient (Wildman–Crippen LogP) is 9.37. The number of fused-ring (bicyclic) bond motifs is 2. The standard InChI is InChI=1S/C35H40N2O2/c1-21(2)36-32-15-10-26(30-13-11-28(38-8)17-23(30)5)19-33(32)37(22(3)4)35-25(7)16-27(20-34(35)36)31-14-12-29(39-9)18-24(31)6/h10-22H,1-9H3. The molecule has 4 aromatic rings. The van der Waals surface area contributed by atoms with E-state index < -0.39 is 0 Å². The van der Waals surface area contributed by atoms with Crippen molar-refractivity contribution in [3.05, 3.63) is 83.4 Å². The van der Waals surface area contributed by atoms with Crippen molar-refractivity contribution in [1.82, 2.24) is 0 Å². The van der Waals surface area contributed by atoms with E-state index in [2.05, 4.69) is 119 Å². The van der Waals surface area contributed by atoms with Gasteiger partial charge >= 0.3 is 0 Å². The second-order valence-electron chi connectivity index (χ2n) is 11.2. The third-order valence-corrected chi connectivity index (χ3v) is 7.80. The van der Waals surface area contributed by atoms with Crippen LogP contribution in [0.25, 0.3) is 22.3 Å². The first-order valence-corrected chi connectivity index (χ1v) is 13.8. The normalized spacial score (nSPS) is 12.6. The largest absolute Gasteiger partial charge is 0.497 e. The van der Waals surface area contributed by atoms with Gasteiger partial charge in [-0.1, -0.05) is 18.2 Å². The van der Waals surface area contributed by atoms with Gasteiger partial charge in [0.25, 0.3) is 0 Å². The van der Waals surface area contributed by atoms with Crippen molar-refractivity contribution >= 4 is 22.7 Å². The summed E-state index contributed by atoms with van der Waals surface area (Å²) in [4.78, 5) is 5.02. The van der Waals surface area contributed by atoms with E-state index in [1.165, 1.54) is 61.7 Å². The summed E-state index contributed by atoms with van der Waals surface area (Å²) in [6.07, 6.45) is 0. The van der Waals surface area contributed by atoms with Gasteiger partial charge in [0.2, 0.25) is 0 Å². The number of aryl methyl sites for hydroxylation is 3. The molecule has 4 heteroatoms. The predicted molar refractivity (Wildman–Crippen MR) is 166 cm³/mol. The summed E-state index contributed by atoms with van der Waals surface area (Å²) in [5.74, 6) is 1.77. The van der Waals surface area contributed by atoms with Gasteiger partial charge in [0.15, 0.2) is 0 Å². The molecule has 202 valence electrons. The third kappa shape index (κ3) is 4.63. The minimum absolute atomic E-state index is 0.288. The van der Waals surface area contributed by atoms with E-state index in [9.17, 15) is 0 Å². The molecule has 0 aliphatic carbocycles. The number of hydrogen-bond acceptors (Lipinski definition) is 4. The second-order valence-corrected chi connectivity index (χ2v) is 11.2. The Hall–Kier alpha value is -3.92. The fourth-order valence-electron chi connectivity index (χ4n) is 6.02. The monoisotopic (exact) mass is 520 g/mol. The summed E-state index contributed by atoms with van der Waals surface area (Å²) in [7, 11) is 3.44. The Balaban J connectivity index is 1.71. The first-order valence-electron chi connectivity index (χ1n) is 13.8. The maximum absolute atomic E-state index is 5.47. The summed E-state index contributed by atoms with van der Waals surface area (Å²) in [6.45, 7) is 15.7. The molecule has 0 atom stereocenters. The number of hydrogen-bond donors (Lipinski definition) is 0. The van der Waals surface area contributed by atoms with Crippen molar-refractivity contribution in [3.8, 4) is 33.8 Å². The second kappa shape index (κ2) is 10.3. The van der Waals surface area contributed by atoms with Crippen LogP contribution >= 0.6 is 0 Å². The van der Waals surface area contributed by atoms with Crippen molar-refractivity contribution in [2.24, 2.45) is 0 Å². The number of benzene rings is 4. The molecule has 0 bridgehead atoms. The van der Waals surface area contributed by atoms with E-state index in [4.69, 9.17) is 9.47 Å². The van der Waals surface area contributed by atoms with Crippen LogP contribution in [0.5, 0.6) is 11.5 Å². The molecule has 1 aliphatic rings. The number of ether oxygens (including phenoxy) is 2. The third-order valence-electron chi connectivity index (χ3n) is 7.80. The molecular formula is C35H40N2O2. The van der Waals surface area contributed by atoms with Crippen LogP contribution in [-0.2, 0) is 0 Å². The summed E-state index contributed by atoms with van der Waals surface area (Å²) in [6, 6.07) is 24.9. The zero-order valence-corrected chi connectivity index (χ0v) is 24.7.